The van der Waals surface area contributed by atoms with Gasteiger partial charge in [0, 0.05) is 37.1 Å². The number of aryl methyl sites for hydroxylation is 1. The lowest BCUT2D eigenvalue weighted by Gasteiger charge is -2.16. The summed E-state index contributed by atoms with van der Waals surface area (Å²) in [7, 11) is 0. The maximum Gasteiger partial charge on any atom is 0.227 e. The number of hydrogen-bond acceptors (Lipinski definition) is 4. The van der Waals surface area contributed by atoms with Crippen LogP contribution < -0.4 is 10.2 Å². The first-order valence-electron chi connectivity index (χ1n) is 7.23. The van der Waals surface area contributed by atoms with Crippen LogP contribution in [0.25, 0.3) is 0 Å². The second-order valence-electron chi connectivity index (χ2n) is 5.28. The Hall–Kier alpha value is -1.72. The van der Waals surface area contributed by atoms with Gasteiger partial charge in [0.25, 0.3) is 0 Å². The Morgan fingerprint density at radius 2 is 2.10 bits per heavy atom. The summed E-state index contributed by atoms with van der Waals surface area (Å²) < 4.78 is 0. The summed E-state index contributed by atoms with van der Waals surface area (Å²) in [6, 6.07) is 8.24. The summed E-state index contributed by atoms with van der Waals surface area (Å²) in [5.41, 5.74) is 3.32. The average Bonchev–Trinajstić information content (AvgIpc) is 3.09. The highest BCUT2D eigenvalue weighted by atomic mass is 32.1. The van der Waals surface area contributed by atoms with Crippen molar-refractivity contribution in [2.24, 2.45) is 0 Å². The Morgan fingerprint density at radius 1 is 1.29 bits per heavy atom. The number of nitrogens with zero attached hydrogens (tertiary/aromatic N) is 2. The van der Waals surface area contributed by atoms with E-state index >= 15 is 0 Å². The molecular weight excluding hydrogens is 282 g/mol. The van der Waals surface area contributed by atoms with E-state index in [0.717, 1.165) is 42.4 Å². The molecule has 0 spiro atoms. The van der Waals surface area contributed by atoms with Crippen LogP contribution in [0.15, 0.2) is 29.6 Å². The van der Waals surface area contributed by atoms with E-state index in [9.17, 15) is 4.79 Å². The summed E-state index contributed by atoms with van der Waals surface area (Å²) in [5.74, 6) is 0.236. The predicted molar refractivity (Wildman–Crippen MR) is 85.4 cm³/mol. The molecule has 4 nitrogen and oxygen atoms in total. The van der Waals surface area contributed by atoms with Crippen LogP contribution in [0.4, 0.5) is 5.69 Å². The SMILES string of the molecule is Cc1nc(CNCc2ccc(N3CCCC3=O)cc2)cs1. The van der Waals surface area contributed by atoms with Crippen LogP contribution in [0.2, 0.25) is 0 Å². The quantitative estimate of drug-likeness (QED) is 0.923. The summed E-state index contributed by atoms with van der Waals surface area (Å²) in [5, 5.41) is 6.58. The number of rotatable bonds is 5. The monoisotopic (exact) mass is 301 g/mol. The lowest BCUT2D eigenvalue weighted by Crippen LogP contribution is -2.23. The molecule has 2 aromatic rings. The van der Waals surface area contributed by atoms with Crippen molar-refractivity contribution in [3.63, 3.8) is 0 Å². The summed E-state index contributed by atoms with van der Waals surface area (Å²) in [6.07, 6.45) is 1.64. The molecule has 0 radical (unpaired) electrons. The van der Waals surface area contributed by atoms with E-state index < -0.39 is 0 Å². The molecule has 1 aliphatic rings. The largest absolute Gasteiger partial charge is 0.312 e. The van der Waals surface area contributed by atoms with Gasteiger partial charge in [-0.3, -0.25) is 4.79 Å². The third-order valence-electron chi connectivity index (χ3n) is 3.62. The van der Waals surface area contributed by atoms with Crippen molar-refractivity contribution < 1.29 is 4.79 Å². The fourth-order valence-corrected chi connectivity index (χ4v) is 3.15. The molecule has 2 heterocycles. The normalized spacial score (nSPS) is 14.9. The summed E-state index contributed by atoms with van der Waals surface area (Å²) in [4.78, 5) is 18.0. The van der Waals surface area contributed by atoms with E-state index in [1.807, 2.05) is 24.0 Å². The number of aromatic nitrogens is 1. The second kappa shape index (κ2) is 6.37. The maximum atomic E-state index is 11.7. The molecule has 5 heteroatoms. The number of carbonyl (C=O) groups excluding carboxylic acids is 1. The first kappa shape index (κ1) is 14.2. The molecule has 0 saturated carbocycles. The van der Waals surface area contributed by atoms with Crippen molar-refractivity contribution in [1.82, 2.24) is 10.3 Å². The van der Waals surface area contributed by atoms with Gasteiger partial charge in [0.1, 0.15) is 0 Å². The molecule has 0 atom stereocenters. The predicted octanol–water partition coefficient (Wildman–Crippen LogP) is 2.87. The minimum atomic E-state index is 0.236. The van der Waals surface area contributed by atoms with Gasteiger partial charge in [-0.05, 0) is 31.0 Å². The molecule has 1 aromatic heterocycles. The fourth-order valence-electron chi connectivity index (χ4n) is 2.54. The Labute approximate surface area is 128 Å². The second-order valence-corrected chi connectivity index (χ2v) is 6.34. The zero-order valence-corrected chi connectivity index (χ0v) is 12.9. The highest BCUT2D eigenvalue weighted by molar-refractivity contribution is 7.09. The fraction of sp³-hybridized carbons (Fsp3) is 0.375. The van der Waals surface area contributed by atoms with Gasteiger partial charge < -0.3 is 10.2 Å². The number of anilines is 1. The topological polar surface area (TPSA) is 45.2 Å². The van der Waals surface area contributed by atoms with Gasteiger partial charge in [0.2, 0.25) is 5.91 Å². The number of nitrogens with one attached hydrogen (secondary N) is 1. The smallest absolute Gasteiger partial charge is 0.227 e. The molecule has 1 N–H and O–H groups in total. The third kappa shape index (κ3) is 3.49. The van der Waals surface area contributed by atoms with Gasteiger partial charge in [0.15, 0.2) is 0 Å². The number of carbonyl (C=O) groups is 1. The molecule has 1 aliphatic heterocycles. The van der Waals surface area contributed by atoms with Crippen LogP contribution in [0, 0.1) is 6.92 Å². The molecule has 1 fully saturated rings. The van der Waals surface area contributed by atoms with Crippen molar-refractivity contribution in [2.45, 2.75) is 32.9 Å². The molecule has 3 rings (SSSR count). The van der Waals surface area contributed by atoms with Crippen molar-refractivity contribution >= 4 is 22.9 Å². The van der Waals surface area contributed by atoms with Gasteiger partial charge in [-0.15, -0.1) is 11.3 Å². The highest BCUT2D eigenvalue weighted by Gasteiger charge is 2.21. The van der Waals surface area contributed by atoms with Crippen LogP contribution in [0.1, 0.15) is 29.1 Å². The molecule has 0 bridgehead atoms. The Bertz CT molecular complexity index is 621. The number of benzene rings is 1. The minimum Gasteiger partial charge on any atom is -0.312 e. The van der Waals surface area contributed by atoms with Gasteiger partial charge in [-0.25, -0.2) is 4.98 Å². The third-order valence-corrected chi connectivity index (χ3v) is 4.45. The molecule has 21 heavy (non-hydrogen) atoms. The average molecular weight is 301 g/mol. The minimum absolute atomic E-state index is 0.236. The van der Waals surface area contributed by atoms with E-state index in [-0.39, 0.29) is 5.91 Å². The molecule has 1 aromatic carbocycles. The molecule has 1 saturated heterocycles. The Morgan fingerprint density at radius 3 is 2.71 bits per heavy atom. The lowest BCUT2D eigenvalue weighted by atomic mass is 10.2. The molecule has 0 unspecified atom stereocenters. The number of hydrogen-bond donors (Lipinski definition) is 1. The standard InChI is InChI=1S/C16H19N3OS/c1-12-18-14(11-21-12)10-17-9-13-4-6-15(7-5-13)19-8-2-3-16(19)20/h4-7,11,17H,2-3,8-10H2,1H3. The number of thiazole rings is 1. The van der Waals surface area contributed by atoms with Gasteiger partial charge in [-0.1, -0.05) is 12.1 Å². The van der Waals surface area contributed by atoms with Gasteiger partial charge in [-0.2, -0.15) is 0 Å². The highest BCUT2D eigenvalue weighted by Crippen LogP contribution is 2.21. The van der Waals surface area contributed by atoms with Crippen molar-refractivity contribution in [1.29, 1.82) is 0 Å². The maximum absolute atomic E-state index is 11.7. The first-order chi connectivity index (χ1) is 10.2. The molecule has 0 aliphatic carbocycles. The van der Waals surface area contributed by atoms with Crippen molar-refractivity contribution in [3.05, 3.63) is 45.9 Å². The van der Waals surface area contributed by atoms with E-state index in [4.69, 9.17) is 0 Å². The van der Waals surface area contributed by atoms with Gasteiger partial charge >= 0.3 is 0 Å². The Balaban J connectivity index is 1.53. The van der Waals surface area contributed by atoms with Crippen molar-refractivity contribution in [3.8, 4) is 0 Å². The van der Waals surface area contributed by atoms with Crippen LogP contribution in [-0.2, 0) is 17.9 Å². The number of amides is 1. The van der Waals surface area contributed by atoms with E-state index in [1.54, 1.807) is 11.3 Å². The Kier molecular flexibility index (Phi) is 4.31. The van der Waals surface area contributed by atoms with E-state index in [0.29, 0.717) is 6.42 Å². The zero-order valence-electron chi connectivity index (χ0n) is 12.1. The van der Waals surface area contributed by atoms with E-state index in [2.05, 4.69) is 27.8 Å². The summed E-state index contributed by atoms with van der Waals surface area (Å²) >= 11 is 1.68. The van der Waals surface area contributed by atoms with Crippen LogP contribution in [-0.4, -0.2) is 17.4 Å². The van der Waals surface area contributed by atoms with Crippen LogP contribution in [0.3, 0.4) is 0 Å². The van der Waals surface area contributed by atoms with Crippen LogP contribution in [0.5, 0.6) is 0 Å². The van der Waals surface area contributed by atoms with Gasteiger partial charge in [0.05, 0.1) is 10.7 Å². The zero-order chi connectivity index (χ0) is 14.7. The van der Waals surface area contributed by atoms with Crippen molar-refractivity contribution in [2.75, 3.05) is 11.4 Å². The molecule has 110 valence electrons. The lowest BCUT2D eigenvalue weighted by molar-refractivity contribution is -0.117. The molecule has 1 amide bonds. The van der Waals surface area contributed by atoms with Crippen LogP contribution >= 0.6 is 11.3 Å². The summed E-state index contributed by atoms with van der Waals surface area (Å²) in [6.45, 7) is 4.47. The first-order valence-corrected chi connectivity index (χ1v) is 8.11. The van der Waals surface area contributed by atoms with E-state index in [1.165, 1.54) is 5.56 Å². The molecular formula is C16H19N3OS.